The highest BCUT2D eigenvalue weighted by atomic mass is 16.5. The molecule has 2 saturated heterocycles. The Kier molecular flexibility index (Phi) is 3.57. The zero-order chi connectivity index (χ0) is 14.8. The average molecular weight is 289 g/mol. The van der Waals surface area contributed by atoms with Crippen molar-refractivity contribution >= 4 is 23.5 Å². The Labute approximate surface area is 121 Å². The Morgan fingerprint density at radius 2 is 1.76 bits per heavy atom. The summed E-state index contributed by atoms with van der Waals surface area (Å²) in [6.07, 6.45) is 0. The number of hydrogen-bond acceptors (Lipinski definition) is 4. The van der Waals surface area contributed by atoms with E-state index in [2.05, 4.69) is 5.32 Å². The fourth-order valence-corrected chi connectivity index (χ4v) is 2.39. The first-order chi connectivity index (χ1) is 10.2. The van der Waals surface area contributed by atoms with Crippen molar-refractivity contribution in [2.24, 2.45) is 0 Å². The molecule has 0 spiro atoms. The van der Waals surface area contributed by atoms with Gasteiger partial charge in [-0.1, -0.05) is 0 Å². The van der Waals surface area contributed by atoms with Gasteiger partial charge in [0.25, 0.3) is 11.8 Å². The second kappa shape index (κ2) is 5.53. The molecule has 0 saturated carbocycles. The molecule has 21 heavy (non-hydrogen) atoms. The first-order valence-corrected chi connectivity index (χ1v) is 6.75. The number of rotatable bonds is 2. The summed E-state index contributed by atoms with van der Waals surface area (Å²) in [7, 11) is 0. The summed E-state index contributed by atoms with van der Waals surface area (Å²) >= 11 is 0. The van der Waals surface area contributed by atoms with Crippen LogP contribution in [0.2, 0.25) is 0 Å². The lowest BCUT2D eigenvalue weighted by atomic mass is 10.1. The highest BCUT2D eigenvalue weighted by Crippen LogP contribution is 2.19. The number of amides is 4. The number of ether oxygens (including phenoxy) is 1. The SMILES string of the molecule is O=C(c1ccc(N2C(=O)CNC2=O)cc1)N1CCOCC1. The van der Waals surface area contributed by atoms with Crippen LogP contribution >= 0.6 is 0 Å². The summed E-state index contributed by atoms with van der Waals surface area (Å²) < 4.78 is 5.21. The van der Waals surface area contributed by atoms with E-state index in [9.17, 15) is 14.4 Å². The monoisotopic (exact) mass is 289 g/mol. The van der Waals surface area contributed by atoms with E-state index in [0.29, 0.717) is 37.6 Å². The summed E-state index contributed by atoms with van der Waals surface area (Å²) in [6.45, 7) is 2.26. The zero-order valence-corrected chi connectivity index (χ0v) is 11.4. The third-order valence-electron chi connectivity index (χ3n) is 3.51. The molecule has 7 nitrogen and oxygen atoms in total. The smallest absolute Gasteiger partial charge is 0.329 e. The summed E-state index contributed by atoms with van der Waals surface area (Å²) in [4.78, 5) is 38.2. The van der Waals surface area contributed by atoms with Crippen LogP contribution in [0.25, 0.3) is 0 Å². The second-order valence-corrected chi connectivity index (χ2v) is 4.84. The van der Waals surface area contributed by atoms with E-state index in [1.807, 2.05) is 0 Å². The Morgan fingerprint density at radius 3 is 2.33 bits per heavy atom. The van der Waals surface area contributed by atoms with Crippen LogP contribution in [-0.4, -0.2) is 55.6 Å². The lowest BCUT2D eigenvalue weighted by molar-refractivity contribution is -0.115. The summed E-state index contributed by atoms with van der Waals surface area (Å²) in [5, 5.41) is 2.46. The fourth-order valence-electron chi connectivity index (χ4n) is 2.39. The van der Waals surface area contributed by atoms with Gasteiger partial charge in [0.15, 0.2) is 0 Å². The number of carbonyl (C=O) groups is 3. The van der Waals surface area contributed by atoms with Crippen molar-refractivity contribution in [3.8, 4) is 0 Å². The van der Waals surface area contributed by atoms with E-state index in [1.54, 1.807) is 29.2 Å². The zero-order valence-electron chi connectivity index (χ0n) is 11.4. The third kappa shape index (κ3) is 2.59. The molecule has 3 rings (SSSR count). The van der Waals surface area contributed by atoms with Crippen LogP contribution in [0.15, 0.2) is 24.3 Å². The second-order valence-electron chi connectivity index (χ2n) is 4.84. The molecule has 1 aromatic rings. The van der Waals surface area contributed by atoms with E-state index in [0.717, 1.165) is 4.90 Å². The van der Waals surface area contributed by atoms with E-state index in [-0.39, 0.29) is 18.4 Å². The summed E-state index contributed by atoms with van der Waals surface area (Å²) in [5.74, 6) is -0.366. The van der Waals surface area contributed by atoms with Crippen molar-refractivity contribution in [2.45, 2.75) is 0 Å². The van der Waals surface area contributed by atoms with Crippen LogP contribution in [0, 0.1) is 0 Å². The van der Waals surface area contributed by atoms with Crippen molar-refractivity contribution in [1.29, 1.82) is 0 Å². The Bertz CT molecular complexity index is 562. The Morgan fingerprint density at radius 1 is 1.10 bits per heavy atom. The molecular formula is C14H15N3O4. The van der Waals surface area contributed by atoms with Crippen LogP contribution in [-0.2, 0) is 9.53 Å². The molecule has 2 heterocycles. The van der Waals surface area contributed by atoms with Gasteiger partial charge in [0.2, 0.25) is 0 Å². The normalized spacial score (nSPS) is 18.9. The number of hydrogen-bond donors (Lipinski definition) is 1. The molecule has 0 aromatic heterocycles. The van der Waals surface area contributed by atoms with Crippen molar-refractivity contribution < 1.29 is 19.1 Å². The standard InChI is InChI=1S/C14H15N3O4/c18-12-9-15-14(20)17(12)11-3-1-10(2-4-11)13(19)16-5-7-21-8-6-16/h1-4H,5-9H2,(H,15,20). The van der Waals surface area contributed by atoms with Gasteiger partial charge in [-0.15, -0.1) is 0 Å². The molecule has 1 aromatic carbocycles. The lowest BCUT2D eigenvalue weighted by Crippen LogP contribution is -2.40. The topological polar surface area (TPSA) is 79.0 Å². The largest absolute Gasteiger partial charge is 0.378 e. The van der Waals surface area contributed by atoms with E-state index < -0.39 is 6.03 Å². The first kappa shape index (κ1) is 13.6. The number of benzene rings is 1. The minimum atomic E-state index is -0.438. The molecule has 2 fully saturated rings. The number of imide groups is 1. The fraction of sp³-hybridized carbons (Fsp3) is 0.357. The molecule has 0 radical (unpaired) electrons. The molecule has 2 aliphatic rings. The van der Waals surface area contributed by atoms with Gasteiger partial charge in [-0.25, -0.2) is 9.69 Å². The number of nitrogens with zero attached hydrogens (tertiary/aromatic N) is 2. The van der Waals surface area contributed by atoms with Crippen LogP contribution in [0.1, 0.15) is 10.4 Å². The Balaban J connectivity index is 1.76. The number of anilines is 1. The van der Waals surface area contributed by atoms with Crippen LogP contribution in [0.3, 0.4) is 0 Å². The number of urea groups is 1. The highest BCUT2D eigenvalue weighted by molar-refractivity contribution is 6.19. The van der Waals surface area contributed by atoms with E-state index in [4.69, 9.17) is 4.74 Å². The van der Waals surface area contributed by atoms with E-state index >= 15 is 0 Å². The number of morpholine rings is 1. The van der Waals surface area contributed by atoms with Crippen molar-refractivity contribution in [1.82, 2.24) is 10.2 Å². The van der Waals surface area contributed by atoms with Gasteiger partial charge in [0.1, 0.15) is 0 Å². The summed E-state index contributed by atoms with van der Waals surface area (Å²) in [6, 6.07) is 6.04. The minimum Gasteiger partial charge on any atom is -0.378 e. The maximum atomic E-state index is 12.3. The maximum absolute atomic E-state index is 12.3. The van der Waals surface area contributed by atoms with Gasteiger partial charge in [-0.05, 0) is 24.3 Å². The number of carbonyl (C=O) groups excluding carboxylic acids is 3. The van der Waals surface area contributed by atoms with Crippen LogP contribution < -0.4 is 10.2 Å². The molecule has 2 aliphatic heterocycles. The molecule has 1 N–H and O–H groups in total. The van der Waals surface area contributed by atoms with E-state index in [1.165, 1.54) is 0 Å². The predicted octanol–water partition coefficient (Wildman–Crippen LogP) is 0.215. The minimum absolute atomic E-state index is 0.00724. The highest BCUT2D eigenvalue weighted by Gasteiger charge is 2.30. The number of nitrogens with one attached hydrogen (secondary N) is 1. The molecule has 7 heteroatoms. The molecule has 4 amide bonds. The lowest BCUT2D eigenvalue weighted by Gasteiger charge is -2.27. The maximum Gasteiger partial charge on any atom is 0.329 e. The van der Waals surface area contributed by atoms with Crippen molar-refractivity contribution in [2.75, 3.05) is 37.7 Å². The van der Waals surface area contributed by atoms with Gasteiger partial charge in [-0.2, -0.15) is 0 Å². The summed E-state index contributed by atoms with van der Waals surface area (Å²) in [5.41, 5.74) is 1.00. The molecule has 0 unspecified atom stereocenters. The first-order valence-electron chi connectivity index (χ1n) is 6.75. The van der Waals surface area contributed by atoms with Gasteiger partial charge in [-0.3, -0.25) is 9.59 Å². The Hall–Kier alpha value is -2.41. The quantitative estimate of drug-likeness (QED) is 0.790. The molecule has 0 atom stereocenters. The molecular weight excluding hydrogens is 274 g/mol. The average Bonchev–Trinajstić information content (AvgIpc) is 2.87. The predicted molar refractivity (Wildman–Crippen MR) is 74.0 cm³/mol. The molecule has 0 bridgehead atoms. The van der Waals surface area contributed by atoms with Gasteiger partial charge in [0, 0.05) is 18.7 Å². The van der Waals surface area contributed by atoms with Gasteiger partial charge >= 0.3 is 6.03 Å². The van der Waals surface area contributed by atoms with Gasteiger partial charge in [0.05, 0.1) is 25.4 Å². The molecule has 110 valence electrons. The van der Waals surface area contributed by atoms with Gasteiger partial charge < -0.3 is 15.0 Å². The van der Waals surface area contributed by atoms with Crippen LogP contribution in [0.5, 0.6) is 0 Å². The third-order valence-corrected chi connectivity index (χ3v) is 3.51. The van der Waals surface area contributed by atoms with Crippen molar-refractivity contribution in [3.05, 3.63) is 29.8 Å². The molecule has 0 aliphatic carbocycles. The van der Waals surface area contributed by atoms with Crippen molar-refractivity contribution in [3.63, 3.8) is 0 Å². The van der Waals surface area contributed by atoms with Crippen LogP contribution in [0.4, 0.5) is 10.5 Å².